The first-order valence-corrected chi connectivity index (χ1v) is 7.39. The van der Waals surface area contributed by atoms with Crippen LogP contribution in [0.15, 0.2) is 0 Å². The van der Waals surface area contributed by atoms with E-state index in [9.17, 15) is 10.0 Å². The Kier molecular flexibility index (Phi) is 3.77. The van der Waals surface area contributed by atoms with E-state index in [0.717, 1.165) is 19.3 Å². The number of amides is 2. The lowest BCUT2D eigenvalue weighted by Gasteiger charge is -2.60. The number of nitrogens with zero attached hydrogens (tertiary/aromatic N) is 2. The first kappa shape index (κ1) is 15.5. The zero-order chi connectivity index (χ0) is 15.2. The SMILES string of the molecule is CC1(C)CCCC(C)(C)[N+]1(O)C1COCCN1C(N)=O. The Balaban J connectivity index is 2.45. The number of nitrogens with two attached hydrogens (primary N) is 1. The maximum atomic E-state index is 11.7. The number of carbonyl (C=O) groups is 1. The molecule has 0 radical (unpaired) electrons. The number of morpholine rings is 1. The van der Waals surface area contributed by atoms with E-state index in [0.29, 0.717) is 19.8 Å². The summed E-state index contributed by atoms with van der Waals surface area (Å²) in [7, 11) is 0. The van der Waals surface area contributed by atoms with Crippen molar-refractivity contribution >= 4 is 6.03 Å². The highest BCUT2D eigenvalue weighted by Crippen LogP contribution is 2.47. The Hall–Kier alpha value is -0.850. The molecule has 0 aromatic carbocycles. The molecule has 0 saturated carbocycles. The molecule has 0 spiro atoms. The molecule has 2 saturated heterocycles. The Labute approximate surface area is 121 Å². The highest BCUT2D eigenvalue weighted by Gasteiger charge is 2.63. The van der Waals surface area contributed by atoms with Gasteiger partial charge in [0.25, 0.3) is 0 Å². The molecule has 20 heavy (non-hydrogen) atoms. The van der Waals surface area contributed by atoms with E-state index in [1.807, 2.05) is 0 Å². The predicted octanol–water partition coefficient (Wildman–Crippen LogP) is 1.67. The van der Waals surface area contributed by atoms with Crippen molar-refractivity contribution in [1.29, 1.82) is 0 Å². The minimum Gasteiger partial charge on any atom is -0.371 e. The van der Waals surface area contributed by atoms with E-state index >= 15 is 0 Å². The molecule has 2 rings (SSSR count). The maximum absolute atomic E-state index is 11.7. The normalized spacial score (nSPS) is 31.9. The molecule has 0 aromatic rings. The molecular formula is C14H28N3O3+. The number of rotatable bonds is 1. The summed E-state index contributed by atoms with van der Waals surface area (Å²) in [5.74, 6) is 0. The highest BCUT2D eigenvalue weighted by atomic mass is 16.6. The van der Waals surface area contributed by atoms with Crippen molar-refractivity contribution in [3.05, 3.63) is 0 Å². The summed E-state index contributed by atoms with van der Waals surface area (Å²) >= 11 is 0. The number of hydrogen-bond donors (Lipinski definition) is 2. The number of likely N-dealkylation sites (tertiary alicyclic amines) is 1. The van der Waals surface area contributed by atoms with Crippen molar-refractivity contribution in [2.75, 3.05) is 19.8 Å². The molecule has 0 bridgehead atoms. The van der Waals surface area contributed by atoms with Gasteiger partial charge in [0.05, 0.1) is 13.2 Å². The molecule has 0 aliphatic carbocycles. The van der Waals surface area contributed by atoms with Gasteiger partial charge in [-0.2, -0.15) is 4.65 Å². The molecule has 2 aliphatic heterocycles. The molecule has 2 amide bonds. The third kappa shape index (κ3) is 2.10. The smallest absolute Gasteiger partial charge is 0.319 e. The molecule has 2 heterocycles. The molecule has 2 aliphatic rings. The Bertz CT molecular complexity index is 379. The van der Waals surface area contributed by atoms with Gasteiger partial charge in [0.15, 0.2) is 0 Å². The molecule has 1 atom stereocenters. The summed E-state index contributed by atoms with van der Waals surface area (Å²) < 4.78 is 5.35. The lowest BCUT2D eigenvalue weighted by Crippen LogP contribution is -2.80. The van der Waals surface area contributed by atoms with Crippen molar-refractivity contribution in [2.45, 2.75) is 64.2 Å². The van der Waals surface area contributed by atoms with Gasteiger partial charge < -0.3 is 10.5 Å². The van der Waals surface area contributed by atoms with Crippen molar-refractivity contribution in [3.8, 4) is 0 Å². The third-order valence-corrected chi connectivity index (χ3v) is 5.24. The van der Waals surface area contributed by atoms with E-state index in [1.165, 1.54) is 0 Å². The standard InChI is InChI=1S/C14H27N3O3/c1-13(2)6-5-7-14(3,4)17(13,19)11-10-20-9-8-16(11)12(15)18/h11,19H,5-10H2,1-4H3,(H-,15,18)/p+1. The molecule has 3 N–H and O–H groups in total. The first-order chi connectivity index (χ1) is 9.13. The van der Waals surface area contributed by atoms with Crippen LogP contribution < -0.4 is 5.73 Å². The van der Waals surface area contributed by atoms with Crippen LogP contribution in [0.25, 0.3) is 0 Å². The van der Waals surface area contributed by atoms with Gasteiger partial charge in [0, 0.05) is 12.8 Å². The van der Waals surface area contributed by atoms with E-state index < -0.39 is 12.2 Å². The number of quaternary nitrogens is 1. The zero-order valence-corrected chi connectivity index (χ0v) is 13.1. The first-order valence-electron chi connectivity index (χ1n) is 7.39. The average molecular weight is 286 g/mol. The topological polar surface area (TPSA) is 75.8 Å². The summed E-state index contributed by atoms with van der Waals surface area (Å²) in [4.78, 5) is 13.3. The fourth-order valence-electron chi connectivity index (χ4n) is 4.08. The average Bonchev–Trinajstić information content (AvgIpc) is 2.35. The fourth-order valence-corrected chi connectivity index (χ4v) is 4.08. The molecule has 116 valence electrons. The summed E-state index contributed by atoms with van der Waals surface area (Å²) in [5, 5.41) is 11.6. The number of ether oxygens (including phenoxy) is 1. The second-order valence-electron chi connectivity index (χ2n) is 7.25. The fraction of sp³-hybridized carbons (Fsp3) is 0.929. The van der Waals surface area contributed by atoms with Crippen LogP contribution in [-0.4, -0.2) is 57.8 Å². The number of carbonyl (C=O) groups excluding carboxylic acids is 1. The van der Waals surface area contributed by atoms with E-state index in [1.54, 1.807) is 4.90 Å². The second kappa shape index (κ2) is 4.86. The van der Waals surface area contributed by atoms with E-state index in [-0.39, 0.29) is 15.7 Å². The van der Waals surface area contributed by atoms with Crippen molar-refractivity contribution in [3.63, 3.8) is 0 Å². The highest BCUT2D eigenvalue weighted by molar-refractivity contribution is 5.72. The minimum atomic E-state index is -0.484. The number of hydroxylamine groups is 3. The van der Waals surface area contributed by atoms with Gasteiger partial charge in [0.2, 0.25) is 6.17 Å². The van der Waals surface area contributed by atoms with E-state index in [4.69, 9.17) is 10.5 Å². The monoisotopic (exact) mass is 286 g/mol. The summed E-state index contributed by atoms with van der Waals surface area (Å²) in [6.45, 7) is 9.46. The van der Waals surface area contributed by atoms with Crippen LogP contribution in [-0.2, 0) is 4.74 Å². The summed E-state index contributed by atoms with van der Waals surface area (Å²) in [5.41, 5.74) is 4.82. The lowest BCUT2D eigenvalue weighted by atomic mass is 9.78. The van der Waals surface area contributed by atoms with Gasteiger partial charge in [-0.05, 0) is 34.1 Å². The van der Waals surface area contributed by atoms with Gasteiger partial charge in [-0.1, -0.05) is 0 Å². The van der Waals surface area contributed by atoms with Gasteiger partial charge in [0.1, 0.15) is 17.7 Å². The molecular weight excluding hydrogens is 258 g/mol. The number of hydrogen-bond acceptors (Lipinski definition) is 3. The van der Waals surface area contributed by atoms with Gasteiger partial charge in [-0.15, -0.1) is 0 Å². The van der Waals surface area contributed by atoms with Crippen LogP contribution in [0.3, 0.4) is 0 Å². The van der Waals surface area contributed by atoms with Crippen molar-refractivity contribution in [2.24, 2.45) is 5.73 Å². The summed E-state index contributed by atoms with van der Waals surface area (Å²) in [6, 6.07) is -0.484. The quantitative estimate of drug-likeness (QED) is 0.720. The molecule has 6 nitrogen and oxygen atoms in total. The molecule has 6 heteroatoms. The second-order valence-corrected chi connectivity index (χ2v) is 7.25. The van der Waals surface area contributed by atoms with Gasteiger partial charge in [-0.25, -0.2) is 10.0 Å². The zero-order valence-electron chi connectivity index (χ0n) is 13.1. The number of primary amides is 1. The maximum Gasteiger partial charge on any atom is 0.319 e. The van der Waals surface area contributed by atoms with E-state index in [2.05, 4.69) is 27.7 Å². The van der Waals surface area contributed by atoms with Crippen LogP contribution in [0.1, 0.15) is 47.0 Å². The van der Waals surface area contributed by atoms with Crippen LogP contribution >= 0.6 is 0 Å². The lowest BCUT2D eigenvalue weighted by molar-refractivity contribution is -1.19. The molecule has 0 aromatic heterocycles. The minimum absolute atomic E-state index is 0.192. The number of urea groups is 1. The summed E-state index contributed by atoms with van der Waals surface area (Å²) in [6.07, 6.45) is 2.46. The van der Waals surface area contributed by atoms with Crippen LogP contribution in [0.2, 0.25) is 0 Å². The van der Waals surface area contributed by atoms with Gasteiger partial charge >= 0.3 is 6.03 Å². The van der Waals surface area contributed by atoms with Crippen LogP contribution in [0.5, 0.6) is 0 Å². The van der Waals surface area contributed by atoms with Crippen LogP contribution in [0, 0.1) is 0 Å². The van der Waals surface area contributed by atoms with Gasteiger partial charge in [-0.3, -0.25) is 4.90 Å². The molecule has 2 fully saturated rings. The Morgan fingerprint density at radius 2 is 1.85 bits per heavy atom. The number of piperidine rings is 1. The molecule has 1 unspecified atom stereocenters. The van der Waals surface area contributed by atoms with Crippen LogP contribution in [0.4, 0.5) is 4.79 Å². The predicted molar refractivity (Wildman–Crippen MR) is 75.0 cm³/mol. The Morgan fingerprint density at radius 3 is 2.35 bits per heavy atom. The Morgan fingerprint density at radius 1 is 1.30 bits per heavy atom. The van der Waals surface area contributed by atoms with Crippen molar-refractivity contribution < 1.29 is 19.4 Å². The largest absolute Gasteiger partial charge is 0.371 e. The third-order valence-electron chi connectivity index (χ3n) is 5.24. The van der Waals surface area contributed by atoms with Crippen molar-refractivity contribution in [1.82, 2.24) is 4.90 Å².